The standard InChI is InChI=1S/C22H26FN3O/c1-14(11-22(3,4)24)13-27-21-12-26-19(9-15(21)2)18-7-8-25-20-10-16(23)5-6-17(18)20/h5-10,12,14H,11,13,24H2,1-4H3. The highest BCUT2D eigenvalue weighted by Gasteiger charge is 2.17. The molecule has 1 unspecified atom stereocenters. The normalized spacial score (nSPS) is 13.0. The van der Waals surface area contributed by atoms with Crippen LogP contribution in [0.5, 0.6) is 5.75 Å². The molecule has 0 aliphatic carbocycles. The molecule has 5 heteroatoms. The van der Waals surface area contributed by atoms with Crippen molar-refractivity contribution < 1.29 is 9.13 Å². The Kier molecular flexibility index (Phi) is 5.42. The molecule has 0 saturated heterocycles. The molecule has 2 aromatic heterocycles. The van der Waals surface area contributed by atoms with Crippen LogP contribution in [-0.4, -0.2) is 22.1 Å². The summed E-state index contributed by atoms with van der Waals surface area (Å²) in [6, 6.07) is 8.51. The topological polar surface area (TPSA) is 61.0 Å². The van der Waals surface area contributed by atoms with Crippen molar-refractivity contribution in [2.45, 2.75) is 39.7 Å². The lowest BCUT2D eigenvalue weighted by Crippen LogP contribution is -2.35. The number of nitrogens with two attached hydrogens (primary N) is 1. The number of rotatable bonds is 6. The van der Waals surface area contributed by atoms with E-state index in [2.05, 4.69) is 16.9 Å². The molecule has 1 atom stereocenters. The van der Waals surface area contributed by atoms with Crippen molar-refractivity contribution in [3.05, 3.63) is 54.1 Å². The predicted molar refractivity (Wildman–Crippen MR) is 107 cm³/mol. The molecule has 1 aromatic carbocycles. The first-order valence-corrected chi connectivity index (χ1v) is 9.16. The lowest BCUT2D eigenvalue weighted by Gasteiger charge is -2.23. The zero-order chi connectivity index (χ0) is 19.6. The number of fused-ring (bicyclic) bond motifs is 1. The maximum Gasteiger partial charge on any atom is 0.140 e. The van der Waals surface area contributed by atoms with E-state index >= 15 is 0 Å². The highest BCUT2D eigenvalue weighted by atomic mass is 19.1. The highest BCUT2D eigenvalue weighted by molar-refractivity contribution is 5.93. The van der Waals surface area contributed by atoms with Crippen LogP contribution in [0.25, 0.3) is 22.2 Å². The van der Waals surface area contributed by atoms with Gasteiger partial charge in [0.15, 0.2) is 0 Å². The van der Waals surface area contributed by atoms with E-state index in [1.807, 2.05) is 32.9 Å². The van der Waals surface area contributed by atoms with E-state index < -0.39 is 0 Å². The van der Waals surface area contributed by atoms with E-state index in [4.69, 9.17) is 10.5 Å². The van der Waals surface area contributed by atoms with Gasteiger partial charge in [0.1, 0.15) is 11.6 Å². The van der Waals surface area contributed by atoms with E-state index in [0.29, 0.717) is 18.0 Å². The van der Waals surface area contributed by atoms with Gasteiger partial charge in [0.25, 0.3) is 0 Å². The van der Waals surface area contributed by atoms with Gasteiger partial charge in [-0.15, -0.1) is 0 Å². The molecule has 2 N–H and O–H groups in total. The number of benzene rings is 1. The summed E-state index contributed by atoms with van der Waals surface area (Å²) in [5, 5.41) is 0.873. The molecule has 2 heterocycles. The Bertz CT molecular complexity index is 950. The van der Waals surface area contributed by atoms with Crippen molar-refractivity contribution in [1.82, 2.24) is 9.97 Å². The number of hydrogen-bond donors (Lipinski definition) is 1. The summed E-state index contributed by atoms with van der Waals surface area (Å²) in [6.07, 6.45) is 4.31. The molecule has 0 aliphatic heterocycles. The number of nitrogens with zero attached hydrogens (tertiary/aromatic N) is 2. The van der Waals surface area contributed by atoms with Gasteiger partial charge < -0.3 is 10.5 Å². The second-order valence-corrected chi connectivity index (χ2v) is 7.96. The summed E-state index contributed by atoms with van der Waals surface area (Å²) in [5.41, 5.74) is 9.23. The van der Waals surface area contributed by atoms with Crippen LogP contribution in [-0.2, 0) is 0 Å². The summed E-state index contributed by atoms with van der Waals surface area (Å²) in [5.74, 6) is 0.822. The molecule has 0 saturated carbocycles. The summed E-state index contributed by atoms with van der Waals surface area (Å²) in [6.45, 7) is 8.78. The molecule has 3 aromatic rings. The minimum absolute atomic E-state index is 0.207. The molecule has 0 bridgehead atoms. The summed E-state index contributed by atoms with van der Waals surface area (Å²) >= 11 is 0. The molecule has 142 valence electrons. The lowest BCUT2D eigenvalue weighted by molar-refractivity contribution is 0.227. The number of ether oxygens (including phenoxy) is 1. The second-order valence-electron chi connectivity index (χ2n) is 7.96. The van der Waals surface area contributed by atoms with Gasteiger partial charge in [0.05, 0.1) is 24.0 Å². The van der Waals surface area contributed by atoms with Gasteiger partial charge in [0.2, 0.25) is 0 Å². The molecule has 0 radical (unpaired) electrons. The quantitative estimate of drug-likeness (QED) is 0.674. The monoisotopic (exact) mass is 367 g/mol. The van der Waals surface area contributed by atoms with E-state index in [0.717, 1.165) is 34.4 Å². The maximum absolute atomic E-state index is 13.5. The fraction of sp³-hybridized carbons (Fsp3) is 0.364. The van der Waals surface area contributed by atoms with Crippen LogP contribution in [0.2, 0.25) is 0 Å². The highest BCUT2D eigenvalue weighted by Crippen LogP contribution is 2.29. The molecule has 0 spiro atoms. The third-order valence-electron chi connectivity index (χ3n) is 4.44. The molecule has 4 nitrogen and oxygen atoms in total. The molecule has 3 rings (SSSR count). The van der Waals surface area contributed by atoms with Crippen molar-refractivity contribution in [3.63, 3.8) is 0 Å². The largest absolute Gasteiger partial charge is 0.491 e. The van der Waals surface area contributed by atoms with E-state index in [-0.39, 0.29) is 11.4 Å². The third-order valence-corrected chi connectivity index (χ3v) is 4.44. The summed E-state index contributed by atoms with van der Waals surface area (Å²) < 4.78 is 19.4. The molecular formula is C22H26FN3O. The minimum atomic E-state index is -0.296. The number of pyridine rings is 2. The van der Waals surface area contributed by atoms with Crippen LogP contribution in [0, 0.1) is 18.7 Å². The zero-order valence-electron chi connectivity index (χ0n) is 16.3. The summed E-state index contributed by atoms with van der Waals surface area (Å²) in [4.78, 5) is 8.81. The summed E-state index contributed by atoms with van der Waals surface area (Å²) in [7, 11) is 0. The van der Waals surface area contributed by atoms with Crippen LogP contribution in [0.3, 0.4) is 0 Å². The first-order valence-electron chi connectivity index (χ1n) is 9.16. The Hall–Kier alpha value is -2.53. The molecule has 0 amide bonds. The van der Waals surface area contributed by atoms with Crippen molar-refractivity contribution in [1.29, 1.82) is 0 Å². The Morgan fingerprint density at radius 1 is 1.19 bits per heavy atom. The number of aryl methyl sites for hydroxylation is 1. The number of aromatic nitrogens is 2. The minimum Gasteiger partial charge on any atom is -0.491 e. The van der Waals surface area contributed by atoms with Crippen molar-refractivity contribution in [2.75, 3.05) is 6.61 Å². The van der Waals surface area contributed by atoms with Gasteiger partial charge in [-0.1, -0.05) is 6.92 Å². The Morgan fingerprint density at radius 2 is 1.96 bits per heavy atom. The number of hydrogen-bond acceptors (Lipinski definition) is 4. The van der Waals surface area contributed by atoms with Crippen molar-refractivity contribution in [2.24, 2.45) is 11.7 Å². The SMILES string of the molecule is Cc1cc(-c2ccnc3cc(F)ccc23)ncc1OCC(C)CC(C)(C)N. The average molecular weight is 367 g/mol. The van der Waals surface area contributed by atoms with Gasteiger partial charge in [-0.2, -0.15) is 0 Å². The van der Waals surface area contributed by atoms with E-state index in [1.165, 1.54) is 12.1 Å². The fourth-order valence-electron chi connectivity index (χ4n) is 3.38. The van der Waals surface area contributed by atoms with Crippen molar-refractivity contribution in [3.8, 4) is 17.0 Å². The van der Waals surface area contributed by atoms with Gasteiger partial charge in [-0.3, -0.25) is 9.97 Å². The Balaban J connectivity index is 1.81. The lowest BCUT2D eigenvalue weighted by atomic mass is 9.93. The molecule has 0 aliphatic rings. The number of halogens is 1. The van der Waals surface area contributed by atoms with Crippen LogP contribution >= 0.6 is 0 Å². The van der Waals surface area contributed by atoms with Gasteiger partial charge in [-0.25, -0.2) is 4.39 Å². The maximum atomic E-state index is 13.5. The van der Waals surface area contributed by atoms with Gasteiger partial charge >= 0.3 is 0 Å². The van der Waals surface area contributed by atoms with E-state index in [9.17, 15) is 4.39 Å². The average Bonchev–Trinajstić information content (AvgIpc) is 2.58. The third kappa shape index (κ3) is 4.80. The van der Waals surface area contributed by atoms with Crippen LogP contribution in [0.1, 0.15) is 32.8 Å². The van der Waals surface area contributed by atoms with Crippen LogP contribution in [0.15, 0.2) is 42.7 Å². The first kappa shape index (κ1) is 19.2. The Labute approximate surface area is 159 Å². The van der Waals surface area contributed by atoms with Crippen molar-refractivity contribution >= 4 is 10.9 Å². The van der Waals surface area contributed by atoms with Crippen LogP contribution in [0.4, 0.5) is 4.39 Å². The zero-order valence-corrected chi connectivity index (χ0v) is 16.3. The molecule has 27 heavy (non-hydrogen) atoms. The van der Waals surface area contributed by atoms with Gasteiger partial charge in [0, 0.05) is 28.8 Å². The molecular weight excluding hydrogens is 341 g/mol. The van der Waals surface area contributed by atoms with Gasteiger partial charge in [-0.05, 0) is 62.9 Å². The molecule has 0 fully saturated rings. The first-order chi connectivity index (χ1) is 12.7. The predicted octanol–water partition coefficient (Wildman–Crippen LogP) is 4.89. The Morgan fingerprint density at radius 3 is 2.67 bits per heavy atom. The smallest absolute Gasteiger partial charge is 0.140 e. The van der Waals surface area contributed by atoms with Crippen LogP contribution < -0.4 is 10.5 Å². The van der Waals surface area contributed by atoms with E-state index in [1.54, 1.807) is 18.5 Å². The second kappa shape index (κ2) is 7.61. The fourth-order valence-corrected chi connectivity index (χ4v) is 3.38.